The number of piperidine rings is 1. The lowest BCUT2D eigenvalue weighted by Crippen LogP contribution is -2.63. The van der Waals surface area contributed by atoms with Crippen LogP contribution in [0.3, 0.4) is 0 Å². The molecule has 0 aliphatic carbocycles. The molecule has 4 aromatic heterocycles. The van der Waals surface area contributed by atoms with Crippen molar-refractivity contribution in [2.24, 2.45) is 0 Å². The molecular formula is C27H28N8O2S2. The summed E-state index contributed by atoms with van der Waals surface area (Å²) >= 11 is 3.15. The second-order valence-corrected chi connectivity index (χ2v) is 12.0. The van der Waals surface area contributed by atoms with Gasteiger partial charge in [0.05, 0.1) is 32.4 Å². The second kappa shape index (κ2) is 10.4. The summed E-state index contributed by atoms with van der Waals surface area (Å²) in [6.07, 6.45) is 7.75. The Labute approximate surface area is 234 Å². The first-order valence-corrected chi connectivity index (χ1v) is 14.6. The lowest BCUT2D eigenvalue weighted by atomic mass is 9.90. The number of carbonyl (C=O) groups is 2. The van der Waals surface area contributed by atoms with Crippen molar-refractivity contribution in [2.75, 3.05) is 23.3 Å². The maximum atomic E-state index is 13.6. The van der Waals surface area contributed by atoms with Crippen LogP contribution in [0.2, 0.25) is 0 Å². The minimum atomic E-state index is -0.0545. The van der Waals surface area contributed by atoms with Gasteiger partial charge in [0.1, 0.15) is 5.82 Å². The lowest BCUT2D eigenvalue weighted by molar-refractivity contribution is 0.0390. The molecule has 2 atom stereocenters. The molecule has 0 aromatic carbocycles. The zero-order chi connectivity index (χ0) is 27.1. The van der Waals surface area contributed by atoms with Crippen LogP contribution in [-0.2, 0) is 0 Å². The van der Waals surface area contributed by atoms with E-state index in [1.54, 1.807) is 29.9 Å². The monoisotopic (exact) mass is 560 g/mol. The number of aromatic nitrogens is 5. The summed E-state index contributed by atoms with van der Waals surface area (Å²) in [4.78, 5) is 52.9. The number of aryl methyl sites for hydroxylation is 2. The maximum absolute atomic E-state index is 13.6. The molecule has 1 amide bonds. The molecule has 0 radical (unpaired) electrons. The highest BCUT2D eigenvalue weighted by atomic mass is 32.1. The highest BCUT2D eigenvalue weighted by Crippen LogP contribution is 2.34. The zero-order valence-corrected chi connectivity index (χ0v) is 23.6. The van der Waals surface area contributed by atoms with Crippen LogP contribution in [0.1, 0.15) is 57.6 Å². The Morgan fingerprint density at radius 2 is 1.69 bits per heavy atom. The summed E-state index contributed by atoms with van der Waals surface area (Å²) in [5, 5.41) is 7.03. The Morgan fingerprint density at radius 3 is 2.31 bits per heavy atom. The van der Waals surface area contributed by atoms with Gasteiger partial charge in [0, 0.05) is 49.1 Å². The van der Waals surface area contributed by atoms with E-state index in [1.807, 2.05) is 36.3 Å². The number of rotatable bonds is 6. The van der Waals surface area contributed by atoms with Crippen molar-refractivity contribution >= 4 is 51.3 Å². The smallest absolute Gasteiger partial charge is 0.256 e. The number of carbonyl (C=O) groups excluding carboxylic acids is 2. The molecule has 1 N–H and O–H groups in total. The van der Waals surface area contributed by atoms with Crippen LogP contribution >= 0.6 is 22.7 Å². The van der Waals surface area contributed by atoms with Crippen LogP contribution in [0.5, 0.6) is 0 Å². The van der Waals surface area contributed by atoms with Crippen molar-refractivity contribution < 1.29 is 9.59 Å². The van der Waals surface area contributed by atoms with E-state index in [4.69, 9.17) is 4.98 Å². The van der Waals surface area contributed by atoms with E-state index in [0.717, 1.165) is 45.7 Å². The molecule has 2 aliphatic heterocycles. The Hall–Kier alpha value is -3.77. The molecule has 200 valence electrons. The molecule has 4 aromatic rings. The molecule has 0 saturated carbocycles. The SMILES string of the molecule is CC(=O)c1cnc(N2C[C@H]3CCC[C@@H](C2)N3C(=O)c2ccc(Nc3nc(-c4sc(C)nc4C)cs3)nc2)nc1. The molecule has 6 rings (SSSR count). The van der Waals surface area contributed by atoms with Crippen LogP contribution in [0.15, 0.2) is 36.1 Å². The minimum Gasteiger partial charge on any atom is -0.337 e. The average molecular weight is 561 g/mol. The molecule has 39 heavy (non-hydrogen) atoms. The fourth-order valence-electron chi connectivity index (χ4n) is 5.33. The number of hydrogen-bond acceptors (Lipinski definition) is 11. The second-order valence-electron chi connectivity index (χ2n) is 9.93. The predicted molar refractivity (Wildman–Crippen MR) is 152 cm³/mol. The third-order valence-electron chi connectivity index (χ3n) is 7.17. The fraction of sp³-hybridized carbons (Fsp3) is 0.370. The molecule has 2 fully saturated rings. The van der Waals surface area contributed by atoms with Gasteiger partial charge >= 0.3 is 0 Å². The first-order chi connectivity index (χ1) is 18.9. The van der Waals surface area contributed by atoms with Crippen LogP contribution in [0, 0.1) is 13.8 Å². The Bertz CT molecular complexity index is 1500. The van der Waals surface area contributed by atoms with Crippen molar-refractivity contribution in [2.45, 2.75) is 52.1 Å². The van der Waals surface area contributed by atoms with Crippen molar-refractivity contribution in [3.05, 3.63) is 57.9 Å². The van der Waals surface area contributed by atoms with E-state index in [0.29, 0.717) is 36.0 Å². The number of hydrogen-bond donors (Lipinski definition) is 1. The number of fused-ring (bicyclic) bond motifs is 2. The van der Waals surface area contributed by atoms with E-state index in [2.05, 4.69) is 30.2 Å². The molecule has 2 bridgehead atoms. The summed E-state index contributed by atoms with van der Waals surface area (Å²) in [5.74, 6) is 1.19. The van der Waals surface area contributed by atoms with Gasteiger partial charge in [0.15, 0.2) is 10.9 Å². The van der Waals surface area contributed by atoms with Crippen LogP contribution in [0.4, 0.5) is 16.9 Å². The highest BCUT2D eigenvalue weighted by Gasteiger charge is 2.41. The van der Waals surface area contributed by atoms with Gasteiger partial charge in [-0.25, -0.2) is 24.9 Å². The van der Waals surface area contributed by atoms with Gasteiger partial charge in [-0.1, -0.05) is 0 Å². The van der Waals surface area contributed by atoms with Crippen molar-refractivity contribution in [1.29, 1.82) is 0 Å². The Morgan fingerprint density at radius 1 is 0.974 bits per heavy atom. The average Bonchev–Trinajstić information content (AvgIpc) is 3.52. The van der Waals surface area contributed by atoms with Gasteiger partial charge in [0.25, 0.3) is 5.91 Å². The molecule has 2 aliphatic rings. The molecule has 12 heteroatoms. The number of pyridine rings is 1. The first-order valence-electron chi connectivity index (χ1n) is 12.9. The van der Waals surface area contributed by atoms with E-state index < -0.39 is 0 Å². The third kappa shape index (κ3) is 5.13. The summed E-state index contributed by atoms with van der Waals surface area (Å²) in [6, 6.07) is 3.81. The van der Waals surface area contributed by atoms with Gasteiger partial charge in [-0.2, -0.15) is 0 Å². The number of anilines is 3. The summed E-state index contributed by atoms with van der Waals surface area (Å²) in [7, 11) is 0. The summed E-state index contributed by atoms with van der Waals surface area (Å²) in [5.41, 5.74) is 2.96. The topological polar surface area (TPSA) is 117 Å². The Balaban J connectivity index is 1.13. The number of nitrogens with one attached hydrogen (secondary N) is 1. The molecule has 0 unspecified atom stereocenters. The summed E-state index contributed by atoms with van der Waals surface area (Å²) < 4.78 is 0. The lowest BCUT2D eigenvalue weighted by Gasteiger charge is -2.50. The first kappa shape index (κ1) is 25.5. The largest absolute Gasteiger partial charge is 0.337 e. The number of piperazine rings is 1. The Kier molecular flexibility index (Phi) is 6.81. The van der Waals surface area contributed by atoms with Crippen molar-refractivity contribution in [3.8, 4) is 10.6 Å². The van der Waals surface area contributed by atoms with Crippen molar-refractivity contribution in [1.82, 2.24) is 29.8 Å². The van der Waals surface area contributed by atoms with E-state index in [1.165, 1.54) is 18.3 Å². The fourth-order valence-corrected chi connectivity index (χ4v) is 6.99. The van der Waals surface area contributed by atoms with Crippen LogP contribution in [0.25, 0.3) is 10.6 Å². The normalized spacial score (nSPS) is 18.7. The molecule has 2 saturated heterocycles. The van der Waals surface area contributed by atoms with E-state index >= 15 is 0 Å². The standard InChI is InChI=1S/C27H28N8O2S2/c1-15-24(39-17(3)31-15)22-14-38-27(32-22)33-23-8-7-18(9-28-23)25(37)35-20-5-4-6-21(35)13-34(12-20)26-29-10-19(11-30-26)16(2)36/h7-11,14,20-21H,4-6,12-13H2,1-3H3,(H,28,32,33)/t20-,21+. The van der Waals surface area contributed by atoms with Crippen molar-refractivity contribution in [3.63, 3.8) is 0 Å². The van der Waals surface area contributed by atoms with Gasteiger partial charge in [0.2, 0.25) is 5.95 Å². The van der Waals surface area contributed by atoms with Gasteiger partial charge in [-0.3, -0.25) is 9.59 Å². The predicted octanol–water partition coefficient (Wildman–Crippen LogP) is 4.90. The van der Waals surface area contributed by atoms with Gasteiger partial charge in [-0.15, -0.1) is 22.7 Å². The molecule has 10 nitrogen and oxygen atoms in total. The number of Topliss-reactive ketones (excluding diaryl/α,β-unsaturated/α-hetero) is 1. The van der Waals surface area contributed by atoms with Gasteiger partial charge in [-0.05, 0) is 52.2 Å². The minimum absolute atomic E-state index is 0.00354. The molecule has 6 heterocycles. The maximum Gasteiger partial charge on any atom is 0.256 e. The van der Waals surface area contributed by atoms with E-state index in [-0.39, 0.29) is 23.8 Å². The number of ketones is 1. The zero-order valence-electron chi connectivity index (χ0n) is 21.9. The third-order valence-corrected chi connectivity index (χ3v) is 9.02. The highest BCUT2D eigenvalue weighted by molar-refractivity contribution is 7.16. The summed E-state index contributed by atoms with van der Waals surface area (Å²) in [6.45, 7) is 6.83. The number of amides is 1. The molecule has 0 spiro atoms. The van der Waals surface area contributed by atoms with Gasteiger partial charge < -0.3 is 15.1 Å². The quantitative estimate of drug-likeness (QED) is 0.329. The molecular weight excluding hydrogens is 532 g/mol. The number of nitrogens with zero attached hydrogens (tertiary/aromatic N) is 7. The van der Waals surface area contributed by atoms with E-state index in [9.17, 15) is 9.59 Å². The van der Waals surface area contributed by atoms with Crippen LogP contribution in [-0.4, -0.2) is 66.7 Å². The number of thiazole rings is 2. The van der Waals surface area contributed by atoms with Crippen LogP contribution < -0.4 is 10.2 Å².